The monoisotopic (exact) mass is 465 g/mol. The molecule has 0 aliphatic heterocycles. The Bertz CT molecular complexity index is 781. The molecular weight excluding hydrogens is 430 g/mol. The van der Waals surface area contributed by atoms with E-state index < -0.39 is 22.8 Å². The molecule has 0 bridgehead atoms. The highest BCUT2D eigenvalue weighted by atomic mass is 16.7. The number of benzene rings is 1. The maximum atomic E-state index is 12.9. The van der Waals surface area contributed by atoms with Crippen LogP contribution in [0.3, 0.4) is 0 Å². The lowest BCUT2D eigenvalue weighted by molar-refractivity contribution is -0.385. The minimum absolute atomic E-state index is 0.0301. The Morgan fingerprint density at radius 1 is 1.21 bits per heavy atom. The average Bonchev–Trinajstić information content (AvgIpc) is 2.81. The lowest BCUT2D eigenvalue weighted by Crippen LogP contribution is -2.45. The SMILES string of the molecule is CCOCOC[C@H](C[C@H](Cc1ccccc1[N+](=O)[O-])C(=O)NO)NC(=O)[C@H]1CC[C@H](C)CC1. The van der Waals surface area contributed by atoms with Crippen molar-refractivity contribution in [1.82, 2.24) is 10.8 Å². The summed E-state index contributed by atoms with van der Waals surface area (Å²) < 4.78 is 10.7. The number of nitro benzene ring substituents is 1. The van der Waals surface area contributed by atoms with Gasteiger partial charge in [0, 0.05) is 30.1 Å². The molecule has 0 unspecified atom stereocenters. The summed E-state index contributed by atoms with van der Waals surface area (Å²) in [7, 11) is 0. The van der Waals surface area contributed by atoms with Crippen LogP contribution in [0.4, 0.5) is 5.69 Å². The summed E-state index contributed by atoms with van der Waals surface area (Å²) in [6.45, 7) is 4.65. The average molecular weight is 466 g/mol. The van der Waals surface area contributed by atoms with E-state index in [2.05, 4.69) is 12.2 Å². The number of rotatable bonds is 13. The van der Waals surface area contributed by atoms with E-state index in [4.69, 9.17) is 9.47 Å². The van der Waals surface area contributed by atoms with E-state index in [0.29, 0.717) is 18.1 Å². The number of nitro groups is 1. The summed E-state index contributed by atoms with van der Waals surface area (Å²) in [5, 5.41) is 23.6. The molecule has 0 saturated heterocycles. The number of nitrogens with one attached hydrogen (secondary N) is 2. The van der Waals surface area contributed by atoms with Crippen LogP contribution < -0.4 is 10.8 Å². The molecule has 1 aromatic carbocycles. The molecule has 1 aliphatic rings. The van der Waals surface area contributed by atoms with Gasteiger partial charge in [0.1, 0.15) is 6.79 Å². The van der Waals surface area contributed by atoms with Crippen molar-refractivity contribution in [2.75, 3.05) is 20.0 Å². The Morgan fingerprint density at radius 3 is 2.55 bits per heavy atom. The third kappa shape index (κ3) is 8.71. The number of hydroxylamine groups is 1. The van der Waals surface area contributed by atoms with Gasteiger partial charge < -0.3 is 14.8 Å². The van der Waals surface area contributed by atoms with Crippen LogP contribution in [0.15, 0.2) is 24.3 Å². The topological polar surface area (TPSA) is 140 Å². The molecule has 0 radical (unpaired) electrons. The highest BCUT2D eigenvalue weighted by Gasteiger charge is 2.30. The first kappa shape index (κ1) is 26.7. The van der Waals surface area contributed by atoms with Gasteiger partial charge in [-0.2, -0.15) is 0 Å². The maximum Gasteiger partial charge on any atom is 0.272 e. The summed E-state index contributed by atoms with van der Waals surface area (Å²) in [4.78, 5) is 36.2. The highest BCUT2D eigenvalue weighted by Crippen LogP contribution is 2.29. The molecule has 1 aromatic rings. The van der Waals surface area contributed by atoms with E-state index in [0.717, 1.165) is 25.7 Å². The summed E-state index contributed by atoms with van der Waals surface area (Å²) in [5.74, 6) is -1.05. The van der Waals surface area contributed by atoms with Gasteiger partial charge in [-0.05, 0) is 51.4 Å². The molecule has 1 aliphatic carbocycles. The van der Waals surface area contributed by atoms with Crippen LogP contribution >= 0.6 is 0 Å². The first-order valence-corrected chi connectivity index (χ1v) is 11.5. The van der Waals surface area contributed by atoms with Crippen LogP contribution in [0.5, 0.6) is 0 Å². The second kappa shape index (κ2) is 13.9. The molecule has 2 rings (SSSR count). The Kier molecular flexibility index (Phi) is 11.2. The fourth-order valence-electron chi connectivity index (χ4n) is 4.19. The van der Waals surface area contributed by atoms with Crippen molar-refractivity contribution in [3.05, 3.63) is 39.9 Å². The predicted octanol–water partition coefficient (Wildman–Crippen LogP) is 2.97. The number of hydrogen-bond acceptors (Lipinski definition) is 7. The van der Waals surface area contributed by atoms with Crippen LogP contribution in [-0.4, -0.2) is 48.0 Å². The van der Waals surface area contributed by atoms with Crippen LogP contribution in [0.2, 0.25) is 0 Å². The molecule has 33 heavy (non-hydrogen) atoms. The summed E-state index contributed by atoms with van der Waals surface area (Å²) >= 11 is 0. The molecule has 3 N–H and O–H groups in total. The highest BCUT2D eigenvalue weighted by molar-refractivity contribution is 5.80. The second-order valence-corrected chi connectivity index (χ2v) is 8.64. The maximum absolute atomic E-state index is 12.9. The lowest BCUT2D eigenvalue weighted by Gasteiger charge is -2.29. The van der Waals surface area contributed by atoms with Gasteiger partial charge in [-0.25, -0.2) is 5.48 Å². The Morgan fingerprint density at radius 2 is 1.91 bits per heavy atom. The Hall–Kier alpha value is -2.56. The zero-order chi connectivity index (χ0) is 24.2. The number of ether oxygens (including phenoxy) is 2. The van der Waals surface area contributed by atoms with E-state index in [1.165, 1.54) is 6.07 Å². The van der Waals surface area contributed by atoms with Gasteiger partial charge >= 0.3 is 0 Å². The fourth-order valence-corrected chi connectivity index (χ4v) is 4.19. The third-order valence-corrected chi connectivity index (χ3v) is 6.13. The molecule has 10 nitrogen and oxygen atoms in total. The fraction of sp³-hybridized carbons (Fsp3) is 0.652. The number of carbonyl (C=O) groups is 2. The smallest absolute Gasteiger partial charge is 0.272 e. The number of amides is 2. The zero-order valence-electron chi connectivity index (χ0n) is 19.3. The van der Waals surface area contributed by atoms with Gasteiger partial charge in [-0.3, -0.25) is 24.9 Å². The molecular formula is C23H35N3O7. The van der Waals surface area contributed by atoms with Crippen molar-refractivity contribution >= 4 is 17.5 Å². The van der Waals surface area contributed by atoms with Crippen molar-refractivity contribution in [2.45, 2.75) is 58.4 Å². The van der Waals surface area contributed by atoms with E-state index in [1.54, 1.807) is 23.7 Å². The van der Waals surface area contributed by atoms with Crippen LogP contribution in [0.25, 0.3) is 0 Å². The molecule has 10 heteroatoms. The molecule has 2 amide bonds. The minimum Gasteiger partial charge on any atom is -0.356 e. The van der Waals surface area contributed by atoms with Crippen molar-refractivity contribution in [1.29, 1.82) is 0 Å². The number of para-hydroxylation sites is 1. The standard InChI is InChI=1S/C23H35N3O7/c1-3-32-15-33-14-20(24-22(27)17-10-8-16(2)9-11-17)13-19(23(28)25-29)12-18-6-4-5-7-21(18)26(30)31/h4-7,16-17,19-20,29H,3,8-15H2,1-2H3,(H,24,27)(H,25,28)/t16-,17-,19-,20-/m0/s1. The number of hydrogen-bond donors (Lipinski definition) is 3. The van der Waals surface area contributed by atoms with Crippen molar-refractivity contribution in [3.63, 3.8) is 0 Å². The van der Waals surface area contributed by atoms with E-state index in [9.17, 15) is 24.9 Å². The van der Waals surface area contributed by atoms with Gasteiger partial charge in [0.05, 0.1) is 17.6 Å². The molecule has 0 heterocycles. The first-order chi connectivity index (χ1) is 15.8. The normalized spacial score (nSPS) is 20.0. The van der Waals surface area contributed by atoms with E-state index in [-0.39, 0.29) is 43.8 Å². The summed E-state index contributed by atoms with van der Waals surface area (Å²) in [5.41, 5.74) is 1.92. The molecule has 184 valence electrons. The van der Waals surface area contributed by atoms with E-state index in [1.807, 2.05) is 6.92 Å². The lowest BCUT2D eigenvalue weighted by atomic mass is 9.82. The van der Waals surface area contributed by atoms with Gasteiger partial charge in [0.2, 0.25) is 11.8 Å². The quantitative estimate of drug-likeness (QED) is 0.134. The van der Waals surface area contributed by atoms with Gasteiger partial charge in [0.25, 0.3) is 5.69 Å². The largest absolute Gasteiger partial charge is 0.356 e. The zero-order valence-corrected chi connectivity index (χ0v) is 19.3. The Balaban J connectivity index is 2.13. The molecule has 1 fully saturated rings. The number of nitrogens with zero attached hydrogens (tertiary/aromatic N) is 1. The minimum atomic E-state index is -0.816. The van der Waals surface area contributed by atoms with Crippen LogP contribution in [-0.2, 0) is 25.5 Å². The number of carbonyl (C=O) groups excluding carboxylic acids is 2. The predicted molar refractivity (Wildman–Crippen MR) is 120 cm³/mol. The molecule has 2 atom stereocenters. The molecule has 0 aromatic heterocycles. The molecule has 0 spiro atoms. The van der Waals surface area contributed by atoms with Crippen molar-refractivity contribution in [2.24, 2.45) is 17.8 Å². The summed E-state index contributed by atoms with van der Waals surface area (Å²) in [6, 6.07) is 5.64. The van der Waals surface area contributed by atoms with Crippen molar-refractivity contribution < 1.29 is 29.2 Å². The van der Waals surface area contributed by atoms with Crippen molar-refractivity contribution in [3.8, 4) is 0 Å². The van der Waals surface area contributed by atoms with Crippen LogP contribution in [0, 0.1) is 27.9 Å². The molecule has 1 saturated carbocycles. The first-order valence-electron chi connectivity index (χ1n) is 11.5. The Labute approximate surface area is 194 Å². The van der Waals surface area contributed by atoms with Gasteiger partial charge in [-0.15, -0.1) is 0 Å². The van der Waals surface area contributed by atoms with E-state index >= 15 is 0 Å². The van der Waals surface area contributed by atoms with Crippen LogP contribution in [0.1, 0.15) is 51.5 Å². The van der Waals surface area contributed by atoms with Gasteiger partial charge in [-0.1, -0.05) is 25.1 Å². The second-order valence-electron chi connectivity index (χ2n) is 8.64. The van der Waals surface area contributed by atoms with Gasteiger partial charge in [0.15, 0.2) is 0 Å². The summed E-state index contributed by atoms with van der Waals surface area (Å²) in [6.07, 6.45) is 3.79. The third-order valence-electron chi connectivity index (χ3n) is 6.13.